The van der Waals surface area contributed by atoms with Crippen molar-refractivity contribution in [1.82, 2.24) is 4.90 Å². The van der Waals surface area contributed by atoms with Crippen molar-refractivity contribution in [3.63, 3.8) is 0 Å². The summed E-state index contributed by atoms with van der Waals surface area (Å²) in [4.78, 5) is 14.3. The highest BCUT2D eigenvalue weighted by Crippen LogP contribution is 2.24. The Morgan fingerprint density at radius 1 is 1.44 bits per heavy atom. The Kier molecular flexibility index (Phi) is 4.75. The van der Waals surface area contributed by atoms with E-state index in [1.54, 1.807) is 18.0 Å². The van der Waals surface area contributed by atoms with Gasteiger partial charge in [0, 0.05) is 12.1 Å². The molecule has 0 bridgehead atoms. The second-order valence-electron chi connectivity index (χ2n) is 5.00. The summed E-state index contributed by atoms with van der Waals surface area (Å²) in [5, 5.41) is 0. The SMILES string of the molecule is C[C@H]1CCC[C@H](C)N1C(=O)CSCc1ccco1. The van der Waals surface area contributed by atoms with E-state index in [1.807, 2.05) is 12.1 Å². The number of carbonyl (C=O) groups is 1. The maximum Gasteiger partial charge on any atom is 0.233 e. The number of amides is 1. The Balaban J connectivity index is 1.79. The van der Waals surface area contributed by atoms with E-state index in [0.29, 0.717) is 17.8 Å². The third-order valence-corrected chi connectivity index (χ3v) is 4.47. The van der Waals surface area contributed by atoms with Crippen LogP contribution in [0.4, 0.5) is 0 Å². The summed E-state index contributed by atoms with van der Waals surface area (Å²) in [5.41, 5.74) is 0. The standard InChI is InChI=1S/C14H21NO2S/c1-11-5-3-6-12(2)15(11)14(16)10-18-9-13-7-4-8-17-13/h4,7-8,11-12H,3,5-6,9-10H2,1-2H3/t11-,12-/m0/s1. The van der Waals surface area contributed by atoms with Crippen LogP contribution in [-0.4, -0.2) is 28.6 Å². The molecule has 0 spiro atoms. The summed E-state index contributed by atoms with van der Waals surface area (Å²) in [5.74, 6) is 2.53. The molecule has 100 valence electrons. The minimum absolute atomic E-state index is 0.270. The monoisotopic (exact) mass is 267 g/mol. The summed E-state index contributed by atoms with van der Waals surface area (Å²) in [7, 11) is 0. The lowest BCUT2D eigenvalue weighted by atomic mass is 9.98. The molecule has 1 fully saturated rings. The Hall–Kier alpha value is -0.900. The van der Waals surface area contributed by atoms with Crippen molar-refractivity contribution < 1.29 is 9.21 Å². The average molecular weight is 267 g/mol. The molecule has 1 aromatic rings. The van der Waals surface area contributed by atoms with Crippen molar-refractivity contribution >= 4 is 17.7 Å². The Morgan fingerprint density at radius 2 is 2.17 bits per heavy atom. The van der Waals surface area contributed by atoms with Crippen molar-refractivity contribution in [2.75, 3.05) is 5.75 Å². The molecule has 0 unspecified atom stereocenters. The first-order chi connectivity index (χ1) is 8.68. The molecule has 1 aliphatic rings. The molecule has 0 aromatic carbocycles. The quantitative estimate of drug-likeness (QED) is 0.839. The lowest BCUT2D eigenvalue weighted by Gasteiger charge is -2.39. The number of rotatable bonds is 4. The van der Waals surface area contributed by atoms with Gasteiger partial charge in [-0.1, -0.05) is 0 Å². The molecule has 0 radical (unpaired) electrons. The summed E-state index contributed by atoms with van der Waals surface area (Å²) in [6, 6.07) is 4.62. The third kappa shape index (κ3) is 3.31. The number of hydrogen-bond acceptors (Lipinski definition) is 3. The third-order valence-electron chi connectivity index (χ3n) is 3.53. The van der Waals surface area contributed by atoms with E-state index in [-0.39, 0.29) is 5.91 Å². The molecule has 1 amide bonds. The number of furan rings is 1. The van der Waals surface area contributed by atoms with E-state index < -0.39 is 0 Å². The number of piperidine rings is 1. The predicted molar refractivity (Wildman–Crippen MR) is 74.5 cm³/mol. The van der Waals surface area contributed by atoms with Gasteiger partial charge in [-0.3, -0.25) is 4.79 Å². The van der Waals surface area contributed by atoms with Crippen LogP contribution in [0, 0.1) is 0 Å². The van der Waals surface area contributed by atoms with E-state index in [4.69, 9.17) is 4.42 Å². The number of nitrogens with zero attached hydrogens (tertiary/aromatic N) is 1. The zero-order chi connectivity index (χ0) is 13.0. The first-order valence-corrected chi connectivity index (χ1v) is 7.75. The fourth-order valence-corrected chi connectivity index (χ4v) is 3.41. The Labute approximate surface area is 113 Å². The Morgan fingerprint density at radius 3 is 2.78 bits per heavy atom. The molecule has 18 heavy (non-hydrogen) atoms. The van der Waals surface area contributed by atoms with Crippen LogP contribution in [0.2, 0.25) is 0 Å². The molecule has 0 saturated carbocycles. The lowest BCUT2D eigenvalue weighted by molar-refractivity contribution is -0.134. The van der Waals surface area contributed by atoms with Crippen molar-refractivity contribution in [1.29, 1.82) is 0 Å². The molecule has 1 aliphatic heterocycles. The largest absolute Gasteiger partial charge is 0.468 e. The smallest absolute Gasteiger partial charge is 0.233 e. The second-order valence-corrected chi connectivity index (χ2v) is 5.99. The molecule has 4 heteroatoms. The summed E-state index contributed by atoms with van der Waals surface area (Å²) < 4.78 is 5.26. The molecule has 3 nitrogen and oxygen atoms in total. The van der Waals surface area contributed by atoms with Crippen molar-refractivity contribution in [3.05, 3.63) is 24.2 Å². The fourth-order valence-electron chi connectivity index (χ4n) is 2.62. The van der Waals surface area contributed by atoms with Gasteiger partial charge >= 0.3 is 0 Å². The van der Waals surface area contributed by atoms with Crippen LogP contribution in [0.15, 0.2) is 22.8 Å². The number of likely N-dealkylation sites (tertiary alicyclic amines) is 1. The highest BCUT2D eigenvalue weighted by molar-refractivity contribution is 7.99. The molecule has 0 N–H and O–H groups in total. The zero-order valence-electron chi connectivity index (χ0n) is 11.1. The predicted octanol–water partition coefficient (Wildman–Crippen LogP) is 3.30. The summed E-state index contributed by atoms with van der Waals surface area (Å²) in [6.45, 7) is 4.31. The maximum atomic E-state index is 12.2. The van der Waals surface area contributed by atoms with E-state index in [9.17, 15) is 4.79 Å². The van der Waals surface area contributed by atoms with Crippen molar-refractivity contribution in [2.45, 2.75) is 50.9 Å². The zero-order valence-corrected chi connectivity index (χ0v) is 11.9. The fraction of sp³-hybridized carbons (Fsp3) is 0.643. The number of thioether (sulfide) groups is 1. The molecule has 2 heterocycles. The molecule has 1 aromatic heterocycles. The van der Waals surface area contributed by atoms with Gasteiger partial charge in [-0.15, -0.1) is 11.8 Å². The van der Waals surface area contributed by atoms with E-state index in [2.05, 4.69) is 18.7 Å². The summed E-state index contributed by atoms with van der Waals surface area (Å²) >= 11 is 1.63. The van der Waals surface area contributed by atoms with Gasteiger partial charge < -0.3 is 9.32 Å². The van der Waals surface area contributed by atoms with E-state index >= 15 is 0 Å². The van der Waals surface area contributed by atoms with E-state index in [1.165, 1.54) is 6.42 Å². The minimum Gasteiger partial charge on any atom is -0.468 e. The topological polar surface area (TPSA) is 33.5 Å². The molecule has 2 atom stereocenters. The van der Waals surface area contributed by atoms with Gasteiger partial charge in [0.05, 0.1) is 17.8 Å². The van der Waals surface area contributed by atoms with Crippen LogP contribution in [0.25, 0.3) is 0 Å². The van der Waals surface area contributed by atoms with Gasteiger partial charge in [0.1, 0.15) is 5.76 Å². The van der Waals surface area contributed by atoms with Crippen LogP contribution in [-0.2, 0) is 10.5 Å². The van der Waals surface area contributed by atoms with Crippen LogP contribution < -0.4 is 0 Å². The van der Waals surface area contributed by atoms with E-state index in [0.717, 1.165) is 24.4 Å². The normalized spacial score (nSPS) is 24.2. The van der Waals surface area contributed by atoms with Gasteiger partial charge in [-0.2, -0.15) is 0 Å². The molecule has 0 aliphatic carbocycles. The van der Waals surface area contributed by atoms with Crippen LogP contribution in [0.5, 0.6) is 0 Å². The lowest BCUT2D eigenvalue weighted by Crippen LogP contribution is -2.48. The second kappa shape index (κ2) is 6.32. The van der Waals surface area contributed by atoms with Gasteiger partial charge in [-0.25, -0.2) is 0 Å². The Bertz CT molecular complexity index is 367. The first-order valence-electron chi connectivity index (χ1n) is 6.59. The molecular weight excluding hydrogens is 246 g/mol. The maximum absolute atomic E-state index is 12.2. The van der Waals surface area contributed by atoms with Crippen LogP contribution in [0.3, 0.4) is 0 Å². The van der Waals surface area contributed by atoms with Gasteiger partial charge in [-0.05, 0) is 45.2 Å². The van der Waals surface area contributed by atoms with Crippen LogP contribution in [0.1, 0.15) is 38.9 Å². The first kappa shape index (κ1) is 13.5. The van der Waals surface area contributed by atoms with Crippen molar-refractivity contribution in [3.8, 4) is 0 Å². The number of hydrogen-bond donors (Lipinski definition) is 0. The average Bonchev–Trinajstić information content (AvgIpc) is 2.82. The molecular formula is C14H21NO2S. The van der Waals surface area contributed by atoms with Gasteiger partial charge in [0.2, 0.25) is 5.91 Å². The number of carbonyl (C=O) groups excluding carboxylic acids is 1. The highest BCUT2D eigenvalue weighted by atomic mass is 32.2. The van der Waals surface area contributed by atoms with Gasteiger partial charge in [0.25, 0.3) is 0 Å². The minimum atomic E-state index is 0.270. The molecule has 1 saturated heterocycles. The van der Waals surface area contributed by atoms with Crippen LogP contribution >= 0.6 is 11.8 Å². The highest BCUT2D eigenvalue weighted by Gasteiger charge is 2.28. The van der Waals surface area contributed by atoms with Crippen molar-refractivity contribution in [2.24, 2.45) is 0 Å². The van der Waals surface area contributed by atoms with Gasteiger partial charge in [0.15, 0.2) is 0 Å². The summed E-state index contributed by atoms with van der Waals surface area (Å²) in [6.07, 6.45) is 5.19. The molecule has 2 rings (SSSR count).